The van der Waals surface area contributed by atoms with Gasteiger partial charge in [-0.1, -0.05) is 30.3 Å². The molecule has 0 aliphatic carbocycles. The first-order valence-corrected chi connectivity index (χ1v) is 13.2. The van der Waals surface area contributed by atoms with Crippen LogP contribution in [0.2, 0.25) is 0 Å². The number of aromatic amines is 1. The lowest BCUT2D eigenvalue weighted by Crippen LogP contribution is -2.57. The van der Waals surface area contributed by atoms with Crippen LogP contribution in [0.5, 0.6) is 0 Å². The third-order valence-corrected chi connectivity index (χ3v) is 7.31. The van der Waals surface area contributed by atoms with Crippen LogP contribution < -0.4 is 0 Å². The molecule has 1 N–H and O–H groups in total. The molecule has 43 heavy (non-hydrogen) atoms. The molecule has 3 aromatic carbocycles. The maximum atomic E-state index is 13.6. The van der Waals surface area contributed by atoms with Crippen LogP contribution in [0.25, 0.3) is 17.0 Å². The van der Waals surface area contributed by atoms with Crippen molar-refractivity contribution in [1.29, 1.82) is 0 Å². The fourth-order valence-electron chi connectivity index (χ4n) is 5.14. The van der Waals surface area contributed by atoms with Crippen LogP contribution in [0.15, 0.2) is 79.0 Å². The summed E-state index contributed by atoms with van der Waals surface area (Å²) in [5.74, 6) is -1.86. The number of hydrogen-bond acceptors (Lipinski definition) is 2. The van der Waals surface area contributed by atoms with Gasteiger partial charge in [-0.3, -0.25) is 9.59 Å². The molecule has 2 amide bonds. The van der Waals surface area contributed by atoms with Crippen molar-refractivity contribution in [2.24, 2.45) is 0 Å². The van der Waals surface area contributed by atoms with Crippen LogP contribution in [0, 0.1) is 5.82 Å². The smallest absolute Gasteiger partial charge is 0.361 e. The summed E-state index contributed by atoms with van der Waals surface area (Å²) in [7, 11) is 0. The van der Waals surface area contributed by atoms with Crippen LogP contribution in [0.4, 0.5) is 30.7 Å². The molecule has 224 valence electrons. The number of aromatic nitrogens is 1. The van der Waals surface area contributed by atoms with Gasteiger partial charge in [-0.15, -0.1) is 0 Å². The second-order valence-corrected chi connectivity index (χ2v) is 10.2. The van der Waals surface area contributed by atoms with Crippen LogP contribution in [-0.4, -0.2) is 52.3 Å². The summed E-state index contributed by atoms with van der Waals surface area (Å²) in [6.45, 7) is -0.156. The van der Waals surface area contributed by atoms with Gasteiger partial charge >= 0.3 is 12.4 Å². The number of piperazine rings is 1. The minimum Gasteiger partial charge on any atom is -0.361 e. The van der Waals surface area contributed by atoms with E-state index in [0.717, 1.165) is 16.5 Å². The number of nitrogens with zero attached hydrogens (tertiary/aromatic N) is 2. The SMILES string of the molecule is O=C(/C=C/c1ccc(F)cc1)N1CCN(C(=O)c2cc(C(F)(F)F)cc(C(F)(F)F)c2)C(Cc2c[nH]c3ccccc23)C1. The standard InChI is InChI=1S/C31H24F7N3O2/c32-24-8-5-19(6-9-24)7-10-28(42)40-11-12-41(25(18-40)15-21-17-39-27-4-2-1-3-26(21)27)29(43)20-13-22(30(33,34)35)16-23(14-20)31(36,37)38/h1-10,13-14,16-17,25,39H,11-12,15,18H2/b10-7+. The Morgan fingerprint density at radius 3 is 2.19 bits per heavy atom. The van der Waals surface area contributed by atoms with Gasteiger partial charge in [0.05, 0.1) is 17.2 Å². The van der Waals surface area contributed by atoms with Crippen molar-refractivity contribution < 1.29 is 40.3 Å². The lowest BCUT2D eigenvalue weighted by Gasteiger charge is -2.41. The third-order valence-electron chi connectivity index (χ3n) is 7.31. The maximum Gasteiger partial charge on any atom is 0.416 e. The molecule has 1 unspecified atom stereocenters. The zero-order chi connectivity index (χ0) is 30.9. The summed E-state index contributed by atoms with van der Waals surface area (Å²) in [5, 5.41) is 0.827. The van der Waals surface area contributed by atoms with Crippen molar-refractivity contribution in [3.63, 3.8) is 0 Å². The molecule has 0 spiro atoms. The minimum atomic E-state index is -5.11. The third kappa shape index (κ3) is 6.73. The van der Waals surface area contributed by atoms with Gasteiger partial charge in [0.1, 0.15) is 5.82 Å². The number of H-pyrrole nitrogens is 1. The number of halogens is 7. The monoisotopic (exact) mass is 603 g/mol. The maximum absolute atomic E-state index is 13.6. The number of para-hydroxylation sites is 1. The molecule has 5 rings (SSSR count). The van der Waals surface area contributed by atoms with E-state index in [1.165, 1.54) is 46.2 Å². The fourth-order valence-corrected chi connectivity index (χ4v) is 5.14. The van der Waals surface area contributed by atoms with E-state index in [1.54, 1.807) is 12.3 Å². The highest BCUT2D eigenvalue weighted by molar-refractivity contribution is 5.96. The van der Waals surface area contributed by atoms with Crippen molar-refractivity contribution in [3.8, 4) is 0 Å². The molecular weight excluding hydrogens is 579 g/mol. The molecule has 5 nitrogen and oxygen atoms in total. The molecule has 1 atom stereocenters. The Bertz CT molecular complexity index is 1640. The van der Waals surface area contributed by atoms with Crippen molar-refractivity contribution in [2.45, 2.75) is 24.8 Å². The van der Waals surface area contributed by atoms with E-state index in [2.05, 4.69) is 4.98 Å². The van der Waals surface area contributed by atoms with Gasteiger partial charge in [-0.25, -0.2) is 4.39 Å². The van der Waals surface area contributed by atoms with Gasteiger partial charge < -0.3 is 14.8 Å². The molecule has 1 aliphatic rings. The van der Waals surface area contributed by atoms with Crippen molar-refractivity contribution >= 4 is 28.8 Å². The Labute approximate surface area is 241 Å². The van der Waals surface area contributed by atoms with Crippen LogP contribution >= 0.6 is 0 Å². The number of nitrogens with one attached hydrogen (secondary N) is 1. The predicted octanol–water partition coefficient (Wildman–Crippen LogP) is 6.95. The molecule has 1 aromatic heterocycles. The van der Waals surface area contributed by atoms with E-state index in [9.17, 15) is 40.3 Å². The van der Waals surface area contributed by atoms with Crippen molar-refractivity contribution in [2.75, 3.05) is 19.6 Å². The molecule has 12 heteroatoms. The summed E-state index contributed by atoms with van der Waals surface area (Å²) in [6, 6.07) is 12.8. The van der Waals surface area contributed by atoms with Crippen molar-refractivity contribution in [1.82, 2.24) is 14.8 Å². The molecule has 1 saturated heterocycles. The Morgan fingerprint density at radius 1 is 0.884 bits per heavy atom. The van der Waals surface area contributed by atoms with E-state index in [0.29, 0.717) is 17.7 Å². The van der Waals surface area contributed by atoms with E-state index in [1.807, 2.05) is 18.2 Å². The molecule has 0 saturated carbocycles. The molecular formula is C31H24F7N3O2. The lowest BCUT2D eigenvalue weighted by molar-refractivity contribution is -0.143. The van der Waals surface area contributed by atoms with Crippen LogP contribution in [0.3, 0.4) is 0 Å². The first-order valence-electron chi connectivity index (χ1n) is 13.2. The first kappa shape index (κ1) is 29.9. The average molecular weight is 604 g/mol. The zero-order valence-corrected chi connectivity index (χ0v) is 22.3. The largest absolute Gasteiger partial charge is 0.416 e. The summed E-state index contributed by atoms with van der Waals surface area (Å²) < 4.78 is 94.3. The lowest BCUT2D eigenvalue weighted by atomic mass is 9.98. The fraction of sp³-hybridized carbons (Fsp3) is 0.226. The van der Waals surface area contributed by atoms with E-state index in [-0.39, 0.29) is 32.1 Å². The Hall–Kier alpha value is -4.61. The van der Waals surface area contributed by atoms with E-state index < -0.39 is 52.7 Å². The second kappa shape index (κ2) is 11.6. The van der Waals surface area contributed by atoms with Gasteiger partial charge in [0, 0.05) is 48.4 Å². The Kier molecular flexibility index (Phi) is 8.04. The molecule has 0 radical (unpaired) electrons. The van der Waals surface area contributed by atoms with Crippen molar-refractivity contribution in [3.05, 3.63) is 113 Å². The summed E-state index contributed by atoms with van der Waals surface area (Å²) >= 11 is 0. The molecule has 1 fully saturated rings. The summed E-state index contributed by atoms with van der Waals surface area (Å²) in [5.41, 5.74) is -1.79. The number of benzene rings is 3. The topological polar surface area (TPSA) is 56.4 Å². The number of carbonyl (C=O) groups excluding carboxylic acids is 2. The quantitative estimate of drug-likeness (QED) is 0.198. The minimum absolute atomic E-state index is 0.00615. The first-order chi connectivity index (χ1) is 20.3. The Morgan fingerprint density at radius 2 is 1.53 bits per heavy atom. The number of fused-ring (bicyclic) bond motifs is 1. The molecule has 2 heterocycles. The summed E-state index contributed by atoms with van der Waals surface area (Å²) in [6.07, 6.45) is -5.55. The normalized spacial score (nSPS) is 16.3. The highest BCUT2D eigenvalue weighted by atomic mass is 19.4. The highest BCUT2D eigenvalue weighted by Gasteiger charge is 2.39. The van der Waals surface area contributed by atoms with Crippen LogP contribution in [-0.2, 0) is 23.6 Å². The van der Waals surface area contributed by atoms with Crippen LogP contribution in [0.1, 0.15) is 32.6 Å². The van der Waals surface area contributed by atoms with E-state index in [4.69, 9.17) is 0 Å². The zero-order valence-electron chi connectivity index (χ0n) is 22.3. The number of amides is 2. The average Bonchev–Trinajstić information content (AvgIpc) is 3.38. The predicted molar refractivity (Wildman–Crippen MR) is 145 cm³/mol. The van der Waals surface area contributed by atoms with Gasteiger partial charge in [0.2, 0.25) is 5.91 Å². The summed E-state index contributed by atoms with van der Waals surface area (Å²) in [4.78, 5) is 32.5. The number of hydrogen-bond donors (Lipinski definition) is 1. The van der Waals surface area contributed by atoms with Gasteiger partial charge in [-0.05, 0) is 60.0 Å². The molecule has 0 bridgehead atoms. The molecule has 4 aromatic rings. The van der Waals surface area contributed by atoms with Gasteiger partial charge in [0.25, 0.3) is 5.91 Å². The highest BCUT2D eigenvalue weighted by Crippen LogP contribution is 2.37. The number of rotatable bonds is 5. The van der Waals surface area contributed by atoms with Gasteiger partial charge in [-0.2, -0.15) is 26.3 Å². The number of carbonyl (C=O) groups is 2. The Balaban J connectivity index is 1.46. The molecule has 1 aliphatic heterocycles. The number of alkyl halides is 6. The second-order valence-electron chi connectivity index (χ2n) is 10.2. The van der Waals surface area contributed by atoms with Gasteiger partial charge in [0.15, 0.2) is 0 Å². The van der Waals surface area contributed by atoms with E-state index >= 15 is 0 Å².